The molecule has 76 valence electrons. The molecule has 0 aliphatic carbocycles. The molecule has 1 fully saturated rings. The quantitative estimate of drug-likeness (QED) is 0.673. The topological polar surface area (TPSA) is 29.5 Å². The summed E-state index contributed by atoms with van der Waals surface area (Å²) >= 11 is 4.30. The highest BCUT2D eigenvalue weighted by Gasteiger charge is 2.24. The Morgan fingerprint density at radius 3 is 2.38 bits per heavy atom. The first-order valence-electron chi connectivity index (χ1n) is 4.67. The van der Waals surface area contributed by atoms with Gasteiger partial charge in [0.25, 0.3) is 0 Å². The fraction of sp³-hybridized carbons (Fsp3) is 0.889. The van der Waals surface area contributed by atoms with E-state index >= 15 is 0 Å². The summed E-state index contributed by atoms with van der Waals surface area (Å²) in [6, 6.07) is 0. The summed E-state index contributed by atoms with van der Waals surface area (Å²) in [5.74, 6) is 0.431. The second-order valence-corrected chi connectivity index (χ2v) is 4.18. The molecule has 1 unspecified atom stereocenters. The second-order valence-electron chi connectivity index (χ2n) is 3.63. The molecule has 1 rings (SSSR count). The molecule has 4 heteroatoms. The van der Waals surface area contributed by atoms with Crippen LogP contribution in [-0.4, -0.2) is 42.4 Å². The zero-order valence-corrected chi connectivity index (χ0v) is 9.09. The Kier molecular flexibility index (Phi) is 4.06. The number of rotatable bonds is 2. The van der Waals surface area contributed by atoms with Gasteiger partial charge in [-0.1, -0.05) is 13.8 Å². The highest BCUT2D eigenvalue weighted by molar-refractivity contribution is 7.81. The van der Waals surface area contributed by atoms with Crippen molar-refractivity contribution in [3.05, 3.63) is 0 Å². The lowest BCUT2D eigenvalue weighted by molar-refractivity contribution is -0.135. The first kappa shape index (κ1) is 10.9. The van der Waals surface area contributed by atoms with Crippen LogP contribution in [0.2, 0.25) is 0 Å². The maximum Gasteiger partial charge on any atom is 0.235 e. The van der Waals surface area contributed by atoms with Gasteiger partial charge >= 0.3 is 0 Å². The van der Waals surface area contributed by atoms with Crippen molar-refractivity contribution in [1.29, 1.82) is 0 Å². The maximum atomic E-state index is 11.7. The molecule has 1 heterocycles. The molecule has 0 N–H and O–H groups in total. The smallest absolute Gasteiger partial charge is 0.235 e. The van der Waals surface area contributed by atoms with Crippen LogP contribution in [0, 0.1) is 5.92 Å². The van der Waals surface area contributed by atoms with Crippen LogP contribution >= 0.6 is 12.6 Å². The van der Waals surface area contributed by atoms with Crippen molar-refractivity contribution in [3.8, 4) is 0 Å². The van der Waals surface area contributed by atoms with Crippen molar-refractivity contribution in [2.45, 2.75) is 19.1 Å². The van der Waals surface area contributed by atoms with Crippen molar-refractivity contribution < 1.29 is 9.53 Å². The van der Waals surface area contributed by atoms with Gasteiger partial charge in [0.2, 0.25) is 5.91 Å². The minimum absolute atomic E-state index is 0.140. The molecule has 1 amide bonds. The SMILES string of the molecule is CC(C)C(S)C(=O)N1CCOCC1. The number of hydrogen-bond acceptors (Lipinski definition) is 3. The standard InChI is InChI=1S/C9H17NO2S/c1-7(2)8(13)9(11)10-3-5-12-6-4-10/h7-8,13H,3-6H2,1-2H3. The molecule has 1 saturated heterocycles. The van der Waals surface area contributed by atoms with Crippen LogP contribution in [0.5, 0.6) is 0 Å². The Hall–Kier alpha value is -0.220. The highest BCUT2D eigenvalue weighted by atomic mass is 32.1. The van der Waals surface area contributed by atoms with Crippen molar-refractivity contribution >= 4 is 18.5 Å². The van der Waals surface area contributed by atoms with Crippen molar-refractivity contribution in [2.24, 2.45) is 5.92 Å². The molecule has 0 aromatic rings. The van der Waals surface area contributed by atoms with Crippen molar-refractivity contribution in [3.63, 3.8) is 0 Å². The van der Waals surface area contributed by atoms with E-state index in [2.05, 4.69) is 12.6 Å². The van der Waals surface area contributed by atoms with E-state index in [4.69, 9.17) is 4.74 Å². The number of hydrogen-bond donors (Lipinski definition) is 1. The third-order valence-corrected chi connectivity index (χ3v) is 3.02. The molecule has 0 aromatic heterocycles. The number of amides is 1. The Balaban J connectivity index is 2.45. The number of carbonyl (C=O) groups excluding carboxylic acids is 1. The van der Waals surface area contributed by atoms with Crippen molar-refractivity contribution in [1.82, 2.24) is 4.90 Å². The highest BCUT2D eigenvalue weighted by Crippen LogP contribution is 2.13. The molecular weight excluding hydrogens is 186 g/mol. The minimum Gasteiger partial charge on any atom is -0.378 e. The van der Waals surface area contributed by atoms with Gasteiger partial charge in [-0.05, 0) is 5.92 Å². The van der Waals surface area contributed by atoms with E-state index in [1.165, 1.54) is 0 Å². The van der Waals surface area contributed by atoms with Gasteiger partial charge in [0.1, 0.15) is 0 Å². The van der Waals surface area contributed by atoms with Gasteiger partial charge in [-0.15, -0.1) is 0 Å². The molecule has 0 saturated carbocycles. The van der Waals surface area contributed by atoms with Crippen LogP contribution < -0.4 is 0 Å². The zero-order valence-electron chi connectivity index (χ0n) is 8.19. The molecule has 1 atom stereocenters. The van der Waals surface area contributed by atoms with Crippen LogP contribution in [-0.2, 0) is 9.53 Å². The van der Waals surface area contributed by atoms with Crippen LogP contribution in [0.1, 0.15) is 13.8 Å². The summed E-state index contributed by atoms with van der Waals surface area (Å²) in [5, 5.41) is -0.168. The first-order valence-corrected chi connectivity index (χ1v) is 5.19. The lowest BCUT2D eigenvalue weighted by Crippen LogP contribution is -2.45. The predicted octanol–water partition coefficient (Wildman–Crippen LogP) is 0.800. The fourth-order valence-corrected chi connectivity index (χ4v) is 1.42. The first-order chi connectivity index (χ1) is 6.13. The number of nitrogens with zero attached hydrogens (tertiary/aromatic N) is 1. The summed E-state index contributed by atoms with van der Waals surface area (Å²) < 4.78 is 5.17. The Labute approximate surface area is 84.8 Å². The third kappa shape index (κ3) is 2.88. The van der Waals surface area contributed by atoms with Crippen molar-refractivity contribution in [2.75, 3.05) is 26.3 Å². The average Bonchev–Trinajstić information content (AvgIpc) is 2.17. The molecule has 0 bridgehead atoms. The van der Waals surface area contributed by atoms with E-state index in [0.717, 1.165) is 0 Å². The molecule has 1 aliphatic heterocycles. The fourth-order valence-electron chi connectivity index (χ4n) is 1.26. The number of ether oxygens (including phenoxy) is 1. The van der Waals surface area contributed by atoms with E-state index in [9.17, 15) is 4.79 Å². The molecule has 1 aliphatic rings. The monoisotopic (exact) mass is 203 g/mol. The zero-order chi connectivity index (χ0) is 9.84. The lowest BCUT2D eigenvalue weighted by atomic mass is 10.1. The van der Waals surface area contributed by atoms with Crippen LogP contribution in [0.4, 0.5) is 0 Å². The van der Waals surface area contributed by atoms with Crippen LogP contribution in [0.15, 0.2) is 0 Å². The third-order valence-electron chi connectivity index (χ3n) is 2.21. The Morgan fingerprint density at radius 2 is 1.92 bits per heavy atom. The summed E-state index contributed by atoms with van der Waals surface area (Å²) in [5.41, 5.74) is 0. The van der Waals surface area contributed by atoms with Gasteiger partial charge in [-0.2, -0.15) is 12.6 Å². The summed E-state index contributed by atoms with van der Waals surface area (Å²) in [7, 11) is 0. The van der Waals surface area contributed by atoms with Gasteiger partial charge in [0, 0.05) is 13.1 Å². The normalized spacial score (nSPS) is 20.5. The Morgan fingerprint density at radius 1 is 1.38 bits per heavy atom. The van der Waals surface area contributed by atoms with E-state index < -0.39 is 0 Å². The van der Waals surface area contributed by atoms with Crippen LogP contribution in [0.25, 0.3) is 0 Å². The molecular formula is C9H17NO2S. The number of morpholine rings is 1. The van der Waals surface area contributed by atoms with Gasteiger partial charge in [-0.3, -0.25) is 4.79 Å². The molecule has 0 spiro atoms. The van der Waals surface area contributed by atoms with E-state index in [1.807, 2.05) is 18.7 Å². The van der Waals surface area contributed by atoms with Gasteiger partial charge < -0.3 is 9.64 Å². The molecule has 0 radical (unpaired) electrons. The van der Waals surface area contributed by atoms with Crippen LogP contribution in [0.3, 0.4) is 0 Å². The maximum absolute atomic E-state index is 11.7. The van der Waals surface area contributed by atoms with E-state index in [1.54, 1.807) is 0 Å². The summed E-state index contributed by atoms with van der Waals surface area (Å²) in [6.45, 7) is 6.76. The number of carbonyl (C=O) groups is 1. The van der Waals surface area contributed by atoms with E-state index in [-0.39, 0.29) is 11.2 Å². The summed E-state index contributed by atoms with van der Waals surface area (Å²) in [6.07, 6.45) is 0. The average molecular weight is 203 g/mol. The minimum atomic E-state index is -0.168. The predicted molar refractivity (Wildman–Crippen MR) is 55.0 cm³/mol. The molecule has 3 nitrogen and oxygen atoms in total. The second kappa shape index (κ2) is 4.86. The van der Waals surface area contributed by atoms with E-state index in [0.29, 0.717) is 32.2 Å². The molecule has 13 heavy (non-hydrogen) atoms. The molecule has 0 aromatic carbocycles. The lowest BCUT2D eigenvalue weighted by Gasteiger charge is -2.30. The summed E-state index contributed by atoms with van der Waals surface area (Å²) in [4.78, 5) is 13.6. The van der Waals surface area contributed by atoms with Gasteiger partial charge in [-0.25, -0.2) is 0 Å². The Bertz CT molecular complexity index is 178. The number of thiol groups is 1. The van der Waals surface area contributed by atoms with Gasteiger partial charge in [0.05, 0.1) is 18.5 Å². The van der Waals surface area contributed by atoms with Gasteiger partial charge in [0.15, 0.2) is 0 Å². The largest absolute Gasteiger partial charge is 0.378 e.